The molecule has 0 spiro atoms. The van der Waals surface area contributed by atoms with E-state index in [1.165, 1.54) is 24.1 Å². The van der Waals surface area contributed by atoms with Crippen LogP contribution in [0.2, 0.25) is 0 Å². The number of nitrogens with one attached hydrogen (secondary N) is 1. The molecule has 0 aromatic carbocycles. The number of carbonyl (C=O) groups excluding carboxylic acids is 2. The number of carboxylic acid groups (broad SMARTS) is 1. The number of rotatable bonds is 3. The van der Waals surface area contributed by atoms with Gasteiger partial charge >= 0.3 is 5.97 Å². The Morgan fingerprint density at radius 3 is 2.60 bits per heavy atom. The van der Waals surface area contributed by atoms with Crippen LogP contribution in [0.25, 0.3) is 0 Å². The highest BCUT2D eigenvalue weighted by Crippen LogP contribution is 2.21. The Balaban J connectivity index is 2.20. The van der Waals surface area contributed by atoms with E-state index >= 15 is 0 Å². The van der Waals surface area contributed by atoms with Gasteiger partial charge in [-0.05, 0) is 31.4 Å². The number of likely N-dealkylation sites (tertiary alicyclic amines) is 1. The number of hydrogen-bond donors (Lipinski definition) is 2. The van der Waals surface area contributed by atoms with Crippen LogP contribution in [-0.4, -0.2) is 47.4 Å². The highest BCUT2D eigenvalue weighted by Gasteiger charge is 2.33. The largest absolute Gasteiger partial charge is 0.475 e. The van der Waals surface area contributed by atoms with Crippen LogP contribution in [0.3, 0.4) is 0 Å². The fraction of sp³-hybridized carbons (Fsp3) is 0.462. The Morgan fingerprint density at radius 1 is 1.30 bits per heavy atom. The van der Waals surface area contributed by atoms with Gasteiger partial charge in [0.1, 0.15) is 6.04 Å². The Bertz CT molecular complexity index is 537. The van der Waals surface area contributed by atoms with Crippen LogP contribution in [0.1, 0.15) is 40.4 Å². The molecule has 1 fully saturated rings. The molecule has 0 radical (unpaired) electrons. The van der Waals surface area contributed by atoms with E-state index in [-0.39, 0.29) is 17.4 Å². The van der Waals surface area contributed by atoms with Gasteiger partial charge < -0.3 is 19.7 Å². The minimum absolute atomic E-state index is 0.0572. The van der Waals surface area contributed by atoms with Crippen molar-refractivity contribution < 1.29 is 23.9 Å². The van der Waals surface area contributed by atoms with E-state index < -0.39 is 17.9 Å². The molecule has 108 valence electrons. The number of carboxylic acids is 1. The Labute approximate surface area is 115 Å². The number of carbonyl (C=O) groups is 3. The summed E-state index contributed by atoms with van der Waals surface area (Å²) in [5.41, 5.74) is 0. The first kappa shape index (κ1) is 14.1. The van der Waals surface area contributed by atoms with Gasteiger partial charge in [0, 0.05) is 13.6 Å². The van der Waals surface area contributed by atoms with Crippen molar-refractivity contribution in [1.29, 1.82) is 0 Å². The van der Waals surface area contributed by atoms with E-state index in [9.17, 15) is 14.4 Å². The van der Waals surface area contributed by atoms with Gasteiger partial charge in [-0.15, -0.1) is 0 Å². The molecule has 1 atom stereocenters. The van der Waals surface area contributed by atoms with E-state index in [0.29, 0.717) is 13.0 Å². The maximum absolute atomic E-state index is 12.3. The lowest BCUT2D eigenvalue weighted by atomic mass is 10.0. The Morgan fingerprint density at radius 2 is 2.00 bits per heavy atom. The lowest BCUT2D eigenvalue weighted by Crippen LogP contribution is -2.51. The number of piperidine rings is 1. The molecule has 2 amide bonds. The second kappa shape index (κ2) is 5.77. The van der Waals surface area contributed by atoms with Gasteiger partial charge in [-0.25, -0.2) is 4.79 Å². The van der Waals surface area contributed by atoms with Crippen molar-refractivity contribution >= 4 is 17.8 Å². The lowest BCUT2D eigenvalue weighted by molar-refractivity contribution is -0.126. The molecule has 1 aliphatic heterocycles. The summed E-state index contributed by atoms with van der Waals surface area (Å²) in [5.74, 6) is -2.25. The first-order valence-corrected chi connectivity index (χ1v) is 6.40. The van der Waals surface area contributed by atoms with E-state index in [1.54, 1.807) is 0 Å². The molecule has 1 saturated heterocycles. The molecule has 1 aromatic heterocycles. The molecule has 0 saturated carbocycles. The summed E-state index contributed by atoms with van der Waals surface area (Å²) in [6.07, 6.45) is 2.28. The lowest BCUT2D eigenvalue weighted by Gasteiger charge is -2.33. The third kappa shape index (κ3) is 2.66. The number of hydrogen-bond acceptors (Lipinski definition) is 4. The van der Waals surface area contributed by atoms with E-state index in [4.69, 9.17) is 9.52 Å². The number of likely N-dealkylation sites (N-methyl/N-ethyl adjacent to an activating group) is 1. The highest BCUT2D eigenvalue weighted by atomic mass is 16.4. The van der Waals surface area contributed by atoms with Crippen molar-refractivity contribution in [1.82, 2.24) is 10.2 Å². The van der Waals surface area contributed by atoms with Crippen LogP contribution < -0.4 is 5.32 Å². The SMILES string of the molecule is CNC(=O)C1CCCCN1C(=O)c1ccc(C(=O)O)o1. The molecule has 2 N–H and O–H groups in total. The summed E-state index contributed by atoms with van der Waals surface area (Å²) >= 11 is 0. The van der Waals surface area contributed by atoms with Crippen molar-refractivity contribution in [2.45, 2.75) is 25.3 Å². The van der Waals surface area contributed by atoms with Crippen LogP contribution in [0.4, 0.5) is 0 Å². The van der Waals surface area contributed by atoms with Gasteiger partial charge in [-0.1, -0.05) is 0 Å². The fourth-order valence-electron chi connectivity index (χ4n) is 2.32. The topological polar surface area (TPSA) is 99.9 Å². The maximum Gasteiger partial charge on any atom is 0.371 e. The van der Waals surface area contributed by atoms with Crippen LogP contribution in [0, 0.1) is 0 Å². The standard InChI is InChI=1S/C13H16N2O5/c1-14-11(16)8-4-2-3-7-15(8)12(17)9-5-6-10(20-9)13(18)19/h5-6,8H,2-4,7H2,1H3,(H,14,16)(H,18,19). The van der Waals surface area contributed by atoms with Gasteiger partial charge in [0.05, 0.1) is 0 Å². The molecular formula is C13H16N2O5. The fourth-order valence-corrected chi connectivity index (χ4v) is 2.32. The normalized spacial score (nSPS) is 18.6. The highest BCUT2D eigenvalue weighted by molar-refractivity contribution is 5.96. The van der Waals surface area contributed by atoms with Crippen molar-refractivity contribution in [2.24, 2.45) is 0 Å². The van der Waals surface area contributed by atoms with Crippen molar-refractivity contribution in [2.75, 3.05) is 13.6 Å². The molecule has 0 bridgehead atoms. The van der Waals surface area contributed by atoms with Gasteiger partial charge in [-0.3, -0.25) is 9.59 Å². The second-order valence-electron chi connectivity index (χ2n) is 4.59. The number of amides is 2. The van der Waals surface area contributed by atoms with Crippen molar-refractivity contribution in [3.63, 3.8) is 0 Å². The summed E-state index contributed by atoms with van der Waals surface area (Å²) in [6.45, 7) is 0.458. The Hall–Kier alpha value is -2.31. The molecule has 2 rings (SSSR count). The van der Waals surface area contributed by atoms with Gasteiger partial charge in [0.15, 0.2) is 5.76 Å². The molecule has 7 nitrogen and oxygen atoms in total. The predicted octanol–water partition coefficient (Wildman–Crippen LogP) is 0.718. The molecule has 7 heteroatoms. The van der Waals surface area contributed by atoms with Crippen LogP contribution in [0.5, 0.6) is 0 Å². The zero-order valence-corrected chi connectivity index (χ0v) is 11.1. The number of nitrogens with zero attached hydrogens (tertiary/aromatic N) is 1. The van der Waals surface area contributed by atoms with Crippen LogP contribution in [0.15, 0.2) is 16.5 Å². The monoisotopic (exact) mass is 280 g/mol. The number of aromatic carboxylic acids is 1. The van der Waals surface area contributed by atoms with Crippen LogP contribution >= 0.6 is 0 Å². The third-order valence-corrected chi connectivity index (χ3v) is 3.34. The quantitative estimate of drug-likeness (QED) is 0.849. The zero-order chi connectivity index (χ0) is 14.7. The van der Waals surface area contributed by atoms with Crippen molar-refractivity contribution in [3.05, 3.63) is 23.7 Å². The molecule has 1 aliphatic rings. The first-order chi connectivity index (χ1) is 9.54. The van der Waals surface area contributed by atoms with E-state index in [0.717, 1.165) is 12.8 Å². The minimum atomic E-state index is -1.23. The molecule has 20 heavy (non-hydrogen) atoms. The number of furan rings is 1. The smallest absolute Gasteiger partial charge is 0.371 e. The first-order valence-electron chi connectivity index (χ1n) is 6.40. The van der Waals surface area contributed by atoms with Crippen LogP contribution in [-0.2, 0) is 4.79 Å². The minimum Gasteiger partial charge on any atom is -0.475 e. The van der Waals surface area contributed by atoms with Gasteiger partial charge in [0.25, 0.3) is 5.91 Å². The Kier molecular flexibility index (Phi) is 4.07. The second-order valence-corrected chi connectivity index (χ2v) is 4.59. The molecule has 1 aromatic rings. The molecule has 1 unspecified atom stereocenters. The van der Waals surface area contributed by atoms with Gasteiger partial charge in [0.2, 0.25) is 11.7 Å². The van der Waals surface area contributed by atoms with E-state index in [1.807, 2.05) is 0 Å². The molecule has 0 aliphatic carbocycles. The van der Waals surface area contributed by atoms with Crippen molar-refractivity contribution in [3.8, 4) is 0 Å². The zero-order valence-electron chi connectivity index (χ0n) is 11.1. The summed E-state index contributed by atoms with van der Waals surface area (Å²) in [5, 5.41) is 11.3. The predicted molar refractivity (Wildman–Crippen MR) is 68.4 cm³/mol. The molecular weight excluding hydrogens is 264 g/mol. The summed E-state index contributed by atoms with van der Waals surface area (Å²) in [4.78, 5) is 36.3. The summed E-state index contributed by atoms with van der Waals surface area (Å²) in [7, 11) is 1.52. The van der Waals surface area contributed by atoms with E-state index in [2.05, 4.69) is 5.32 Å². The van der Waals surface area contributed by atoms with Gasteiger partial charge in [-0.2, -0.15) is 0 Å². The summed E-state index contributed by atoms with van der Waals surface area (Å²) in [6, 6.07) is 2.02. The average molecular weight is 280 g/mol. The molecule has 2 heterocycles. The third-order valence-electron chi connectivity index (χ3n) is 3.34. The maximum atomic E-state index is 12.3. The average Bonchev–Trinajstić information content (AvgIpc) is 2.95. The summed E-state index contributed by atoms with van der Waals surface area (Å²) < 4.78 is 5.00.